The normalized spacial score (nSPS) is 10.7. The van der Waals surface area contributed by atoms with E-state index in [1.807, 2.05) is 22.6 Å². The van der Waals surface area contributed by atoms with Gasteiger partial charge < -0.3 is 5.11 Å². The van der Waals surface area contributed by atoms with Gasteiger partial charge in [0.05, 0.1) is 8.45 Å². The molecule has 0 atom stereocenters. The Morgan fingerprint density at radius 3 is 2.86 bits per heavy atom. The highest BCUT2D eigenvalue weighted by atomic mass is 127. The maximum atomic E-state index is 12.8. The van der Waals surface area contributed by atoms with E-state index >= 15 is 0 Å². The van der Waals surface area contributed by atoms with Gasteiger partial charge >= 0.3 is 5.97 Å². The van der Waals surface area contributed by atoms with Gasteiger partial charge in [-0.15, -0.1) is 11.3 Å². The molecule has 1 N–H and O–H groups in total. The van der Waals surface area contributed by atoms with Crippen molar-refractivity contribution >= 4 is 50.0 Å². The molecule has 0 radical (unpaired) electrons. The highest BCUT2D eigenvalue weighted by molar-refractivity contribution is 14.1. The largest absolute Gasteiger partial charge is 0.478 e. The summed E-state index contributed by atoms with van der Waals surface area (Å²) in [5.74, 6) is -1.31. The maximum Gasteiger partial charge on any atom is 0.338 e. The smallest absolute Gasteiger partial charge is 0.338 e. The molecule has 0 bridgehead atoms. The van der Waals surface area contributed by atoms with Gasteiger partial charge in [0.15, 0.2) is 0 Å². The van der Waals surface area contributed by atoms with Crippen LogP contribution in [0.3, 0.4) is 0 Å². The predicted octanol–water partition coefficient (Wildman–Crippen LogP) is 3.34. The number of rotatable bonds is 1. The molecule has 5 heteroatoms. The first-order valence-electron chi connectivity index (χ1n) is 3.70. The lowest BCUT2D eigenvalue weighted by atomic mass is 10.2. The van der Waals surface area contributed by atoms with Gasteiger partial charge in [0.2, 0.25) is 0 Å². The summed E-state index contributed by atoms with van der Waals surface area (Å²) in [6, 6.07) is 4.14. The number of aromatic carboxylic acids is 1. The Morgan fingerprint density at radius 1 is 1.50 bits per heavy atom. The van der Waals surface area contributed by atoms with Crippen molar-refractivity contribution in [1.82, 2.24) is 0 Å². The van der Waals surface area contributed by atoms with Crippen LogP contribution >= 0.6 is 33.9 Å². The van der Waals surface area contributed by atoms with Gasteiger partial charge in [-0.2, -0.15) is 0 Å². The second-order valence-corrected chi connectivity index (χ2v) is 5.56. The van der Waals surface area contributed by atoms with Crippen LogP contribution in [-0.2, 0) is 0 Å². The first kappa shape index (κ1) is 9.85. The summed E-state index contributed by atoms with van der Waals surface area (Å²) in [6.45, 7) is 0. The first-order valence-corrected chi connectivity index (χ1v) is 5.60. The fourth-order valence-electron chi connectivity index (χ4n) is 1.24. The second-order valence-electron chi connectivity index (χ2n) is 2.70. The van der Waals surface area contributed by atoms with Crippen LogP contribution in [0.4, 0.5) is 4.39 Å². The summed E-state index contributed by atoms with van der Waals surface area (Å²) in [5, 5.41) is 9.53. The van der Waals surface area contributed by atoms with Crippen molar-refractivity contribution in [2.45, 2.75) is 0 Å². The van der Waals surface area contributed by atoms with Gasteiger partial charge in [-0.1, -0.05) is 0 Å². The lowest BCUT2D eigenvalue weighted by Crippen LogP contribution is -1.96. The summed E-state index contributed by atoms with van der Waals surface area (Å²) >= 11 is 3.24. The molecule has 0 unspecified atom stereocenters. The summed E-state index contributed by atoms with van der Waals surface area (Å²) in [6.07, 6.45) is 0. The molecular weight excluding hydrogens is 318 g/mol. The van der Waals surface area contributed by atoms with E-state index in [0.29, 0.717) is 13.0 Å². The van der Waals surface area contributed by atoms with Crippen molar-refractivity contribution in [3.05, 3.63) is 32.5 Å². The Morgan fingerprint density at radius 2 is 2.21 bits per heavy atom. The van der Waals surface area contributed by atoms with E-state index in [0.717, 1.165) is 0 Å². The highest BCUT2D eigenvalue weighted by Crippen LogP contribution is 2.32. The molecule has 72 valence electrons. The summed E-state index contributed by atoms with van der Waals surface area (Å²) < 4.78 is 14.2. The molecule has 1 aromatic heterocycles. The Kier molecular flexibility index (Phi) is 2.44. The molecule has 2 rings (SSSR count). The molecule has 1 heterocycles. The molecule has 2 aromatic rings. The van der Waals surface area contributed by atoms with Gasteiger partial charge in [0.1, 0.15) is 5.82 Å². The van der Waals surface area contributed by atoms with E-state index in [9.17, 15) is 9.18 Å². The standard InChI is InChI=1S/C9H4FIO2S/c10-4-1-2-5-6(3-4)14-8(11)7(5)9(12)13/h1-3H,(H,12,13). The second kappa shape index (κ2) is 3.47. The van der Waals surface area contributed by atoms with Crippen molar-refractivity contribution in [1.29, 1.82) is 0 Å². The van der Waals surface area contributed by atoms with Gasteiger partial charge in [-0.3, -0.25) is 0 Å². The molecular formula is C9H4FIO2S. The third kappa shape index (κ3) is 1.50. The number of carboxylic acids is 1. The minimum Gasteiger partial charge on any atom is -0.478 e. The Bertz CT molecular complexity index is 521. The van der Waals surface area contributed by atoms with E-state index in [-0.39, 0.29) is 11.4 Å². The lowest BCUT2D eigenvalue weighted by molar-refractivity contribution is 0.0698. The summed E-state index contributed by atoms with van der Waals surface area (Å²) in [7, 11) is 0. The van der Waals surface area contributed by atoms with Crippen molar-refractivity contribution in [3.8, 4) is 0 Å². The van der Waals surface area contributed by atoms with Crippen molar-refractivity contribution < 1.29 is 14.3 Å². The fraction of sp³-hybridized carbons (Fsp3) is 0. The van der Waals surface area contributed by atoms with E-state index in [1.54, 1.807) is 0 Å². The molecule has 0 aliphatic rings. The zero-order valence-electron chi connectivity index (χ0n) is 6.75. The lowest BCUT2D eigenvalue weighted by Gasteiger charge is -1.92. The monoisotopic (exact) mass is 322 g/mol. The number of benzene rings is 1. The van der Waals surface area contributed by atoms with E-state index in [2.05, 4.69) is 0 Å². The molecule has 1 aromatic carbocycles. The van der Waals surface area contributed by atoms with Crippen molar-refractivity contribution in [2.24, 2.45) is 0 Å². The Labute approximate surface area is 96.5 Å². The van der Waals surface area contributed by atoms with Crippen LogP contribution in [-0.4, -0.2) is 11.1 Å². The molecule has 0 fully saturated rings. The average Bonchev–Trinajstić information content (AvgIpc) is 2.39. The van der Waals surface area contributed by atoms with Crippen LogP contribution in [0.25, 0.3) is 10.1 Å². The minimum atomic E-state index is -0.966. The Hall–Kier alpha value is -0.690. The molecule has 0 aliphatic heterocycles. The average molecular weight is 322 g/mol. The minimum absolute atomic E-state index is 0.269. The zero-order chi connectivity index (χ0) is 10.3. The number of hydrogen-bond donors (Lipinski definition) is 1. The molecule has 14 heavy (non-hydrogen) atoms. The van der Waals surface area contributed by atoms with Gasteiger partial charge in [0.25, 0.3) is 0 Å². The first-order chi connectivity index (χ1) is 6.59. The quantitative estimate of drug-likeness (QED) is 0.818. The zero-order valence-corrected chi connectivity index (χ0v) is 9.73. The number of hydrogen-bond acceptors (Lipinski definition) is 2. The van der Waals surface area contributed by atoms with Gasteiger partial charge in [-0.05, 0) is 40.8 Å². The molecule has 0 saturated carbocycles. The van der Waals surface area contributed by atoms with Crippen LogP contribution in [0.2, 0.25) is 0 Å². The Balaban J connectivity index is 2.84. The topological polar surface area (TPSA) is 37.3 Å². The number of carboxylic acid groups (broad SMARTS) is 1. The predicted molar refractivity (Wildman–Crippen MR) is 61.5 cm³/mol. The van der Waals surface area contributed by atoms with Crippen LogP contribution in [0, 0.1) is 8.70 Å². The van der Waals surface area contributed by atoms with E-state index < -0.39 is 5.97 Å². The molecule has 0 spiro atoms. The number of halogens is 2. The van der Waals surface area contributed by atoms with E-state index in [1.165, 1.54) is 29.5 Å². The molecule has 0 aliphatic carbocycles. The third-order valence-corrected chi connectivity index (χ3v) is 3.96. The fourth-order valence-corrected chi connectivity index (χ4v) is 3.42. The summed E-state index contributed by atoms with van der Waals surface area (Å²) in [4.78, 5) is 10.9. The SMILES string of the molecule is O=C(O)c1c(I)sc2cc(F)ccc12. The van der Waals surface area contributed by atoms with Gasteiger partial charge in [-0.25, -0.2) is 9.18 Å². The molecule has 0 amide bonds. The summed E-state index contributed by atoms with van der Waals surface area (Å²) in [5.41, 5.74) is 0.269. The van der Waals surface area contributed by atoms with Crippen LogP contribution < -0.4 is 0 Å². The third-order valence-electron chi connectivity index (χ3n) is 1.82. The van der Waals surface area contributed by atoms with Crippen molar-refractivity contribution in [2.75, 3.05) is 0 Å². The number of thiophene rings is 1. The molecule has 2 nitrogen and oxygen atoms in total. The van der Waals surface area contributed by atoms with Crippen LogP contribution in [0.15, 0.2) is 18.2 Å². The molecule has 0 saturated heterocycles. The van der Waals surface area contributed by atoms with E-state index in [4.69, 9.17) is 5.11 Å². The van der Waals surface area contributed by atoms with Gasteiger partial charge in [0, 0.05) is 10.1 Å². The number of carbonyl (C=O) groups is 1. The number of fused-ring (bicyclic) bond motifs is 1. The highest BCUT2D eigenvalue weighted by Gasteiger charge is 2.16. The van der Waals surface area contributed by atoms with Crippen LogP contribution in [0.1, 0.15) is 10.4 Å². The van der Waals surface area contributed by atoms with Crippen LogP contribution in [0.5, 0.6) is 0 Å². The maximum absolute atomic E-state index is 12.8. The van der Waals surface area contributed by atoms with Crippen molar-refractivity contribution in [3.63, 3.8) is 0 Å².